The molecule has 0 N–H and O–H groups in total. The van der Waals surface area contributed by atoms with Gasteiger partial charge in [0.25, 0.3) is 10.1 Å². The van der Waals surface area contributed by atoms with Crippen LogP contribution in [0.3, 0.4) is 0 Å². The third-order valence-corrected chi connectivity index (χ3v) is 3.98. The first-order chi connectivity index (χ1) is 9.38. The second-order valence-corrected chi connectivity index (χ2v) is 5.84. The Labute approximate surface area is 116 Å². The maximum atomic E-state index is 12.7. The Morgan fingerprint density at radius 1 is 1.15 bits per heavy atom. The van der Waals surface area contributed by atoms with Crippen LogP contribution in [0.4, 0.5) is 4.39 Å². The number of aromatic nitrogens is 2. The lowest BCUT2D eigenvalue weighted by Gasteiger charge is -2.11. The normalized spacial score (nSPS) is 13.2. The molecule has 0 saturated heterocycles. The number of benzene rings is 1. The van der Waals surface area contributed by atoms with E-state index in [0.29, 0.717) is 0 Å². The predicted molar refractivity (Wildman–Crippen MR) is 69.9 cm³/mol. The Hall–Kier alpha value is -1.86. The van der Waals surface area contributed by atoms with E-state index >= 15 is 0 Å². The molecular formula is C13H13FN2O3S. The van der Waals surface area contributed by atoms with Crippen LogP contribution in [0.1, 0.15) is 24.4 Å². The third kappa shape index (κ3) is 3.37. The van der Waals surface area contributed by atoms with Crippen molar-refractivity contribution < 1.29 is 17.0 Å². The summed E-state index contributed by atoms with van der Waals surface area (Å²) in [4.78, 5) is 7.44. The molecule has 0 fully saturated rings. The molecule has 2 aromatic rings. The van der Waals surface area contributed by atoms with Crippen LogP contribution >= 0.6 is 0 Å². The largest absolute Gasteiger partial charge is 0.297 e. The van der Waals surface area contributed by atoms with Gasteiger partial charge in [0.1, 0.15) is 6.10 Å². The van der Waals surface area contributed by atoms with Crippen molar-refractivity contribution >= 4 is 10.1 Å². The highest BCUT2D eigenvalue weighted by atomic mass is 32.2. The van der Waals surface area contributed by atoms with Gasteiger partial charge in [0.05, 0.1) is 17.3 Å². The molecule has 20 heavy (non-hydrogen) atoms. The van der Waals surface area contributed by atoms with Gasteiger partial charge in [-0.25, -0.2) is 14.4 Å². The number of rotatable bonds is 4. The second kappa shape index (κ2) is 5.64. The zero-order valence-corrected chi connectivity index (χ0v) is 11.8. The van der Waals surface area contributed by atoms with E-state index in [1.807, 2.05) is 6.92 Å². The fourth-order valence-corrected chi connectivity index (χ4v) is 2.57. The molecule has 2 rings (SSSR count). The van der Waals surface area contributed by atoms with Crippen LogP contribution in [-0.4, -0.2) is 18.4 Å². The molecule has 0 saturated carbocycles. The minimum Gasteiger partial charge on any atom is -0.255 e. The monoisotopic (exact) mass is 296 g/mol. The van der Waals surface area contributed by atoms with Gasteiger partial charge in [-0.3, -0.25) is 4.18 Å². The molecular weight excluding hydrogens is 283 g/mol. The van der Waals surface area contributed by atoms with Crippen molar-refractivity contribution in [1.29, 1.82) is 0 Å². The van der Waals surface area contributed by atoms with Crippen molar-refractivity contribution in [3.05, 3.63) is 53.9 Å². The Bertz CT molecular complexity index is 685. The van der Waals surface area contributed by atoms with Crippen LogP contribution in [0.2, 0.25) is 0 Å². The van der Waals surface area contributed by atoms with E-state index in [0.717, 1.165) is 18.0 Å². The van der Waals surface area contributed by atoms with Gasteiger partial charge in [0, 0.05) is 0 Å². The van der Waals surface area contributed by atoms with Crippen molar-refractivity contribution in [2.75, 3.05) is 0 Å². The first kappa shape index (κ1) is 14.5. The third-order valence-electron chi connectivity index (χ3n) is 2.58. The fourth-order valence-electron chi connectivity index (χ4n) is 1.53. The lowest BCUT2D eigenvalue weighted by molar-refractivity contribution is 0.223. The first-order valence-electron chi connectivity index (χ1n) is 5.86. The van der Waals surface area contributed by atoms with Crippen LogP contribution in [0.15, 0.2) is 41.6 Å². The van der Waals surface area contributed by atoms with Gasteiger partial charge >= 0.3 is 0 Å². The van der Waals surface area contributed by atoms with Gasteiger partial charge < -0.3 is 0 Å². The molecule has 0 bridgehead atoms. The predicted octanol–water partition coefficient (Wildman–Crippen LogP) is 2.39. The van der Waals surface area contributed by atoms with Crippen molar-refractivity contribution in [2.24, 2.45) is 0 Å². The average molecular weight is 296 g/mol. The van der Waals surface area contributed by atoms with Crippen molar-refractivity contribution in [3.63, 3.8) is 0 Å². The van der Waals surface area contributed by atoms with Crippen LogP contribution < -0.4 is 0 Å². The summed E-state index contributed by atoms with van der Waals surface area (Å²) in [6.45, 7) is 3.34. The van der Waals surface area contributed by atoms with E-state index in [1.54, 1.807) is 12.1 Å². The van der Waals surface area contributed by atoms with Crippen LogP contribution in [0, 0.1) is 12.7 Å². The van der Waals surface area contributed by atoms with Gasteiger partial charge in [-0.2, -0.15) is 8.42 Å². The van der Waals surface area contributed by atoms with Crippen molar-refractivity contribution in [2.45, 2.75) is 24.8 Å². The molecule has 1 unspecified atom stereocenters. The molecule has 0 spiro atoms. The highest BCUT2D eigenvalue weighted by Gasteiger charge is 2.21. The number of halogens is 1. The topological polar surface area (TPSA) is 69.2 Å². The molecule has 7 heteroatoms. The van der Waals surface area contributed by atoms with Gasteiger partial charge in [0.2, 0.25) is 0 Å². The quantitative estimate of drug-likeness (QED) is 0.810. The summed E-state index contributed by atoms with van der Waals surface area (Å²) in [5.74, 6) is -0.496. The lowest BCUT2D eigenvalue weighted by Crippen LogP contribution is -2.12. The molecule has 0 aliphatic heterocycles. The Kier molecular flexibility index (Phi) is 4.10. The van der Waals surface area contributed by atoms with Crippen LogP contribution in [0.25, 0.3) is 0 Å². The highest BCUT2D eigenvalue weighted by Crippen LogP contribution is 2.21. The van der Waals surface area contributed by atoms with E-state index < -0.39 is 22.0 Å². The number of hydrogen-bond acceptors (Lipinski definition) is 5. The standard InChI is InChI=1S/C13H13FN2O3S/c1-9-3-5-12(6-4-9)20(17,18)19-10(2)13-15-7-11(14)8-16-13/h3-8,10H,1-2H3. The first-order valence-corrected chi connectivity index (χ1v) is 7.27. The van der Waals surface area contributed by atoms with Crippen molar-refractivity contribution in [1.82, 2.24) is 9.97 Å². The fraction of sp³-hybridized carbons (Fsp3) is 0.231. The highest BCUT2D eigenvalue weighted by molar-refractivity contribution is 7.86. The molecule has 1 atom stereocenters. The van der Waals surface area contributed by atoms with Crippen LogP contribution in [-0.2, 0) is 14.3 Å². The van der Waals surface area contributed by atoms with Crippen molar-refractivity contribution in [3.8, 4) is 0 Å². The van der Waals surface area contributed by atoms with Gasteiger partial charge in [-0.15, -0.1) is 0 Å². The molecule has 1 aromatic heterocycles. The molecule has 1 heterocycles. The summed E-state index contributed by atoms with van der Waals surface area (Å²) in [7, 11) is -3.91. The summed E-state index contributed by atoms with van der Waals surface area (Å²) in [6.07, 6.45) is 1.02. The summed E-state index contributed by atoms with van der Waals surface area (Å²) in [5, 5.41) is 0. The van der Waals surface area contributed by atoms with E-state index in [-0.39, 0.29) is 10.7 Å². The summed E-state index contributed by atoms with van der Waals surface area (Å²) >= 11 is 0. The maximum absolute atomic E-state index is 12.7. The zero-order chi connectivity index (χ0) is 14.8. The average Bonchev–Trinajstić information content (AvgIpc) is 2.39. The number of aryl methyl sites for hydroxylation is 1. The van der Waals surface area contributed by atoms with E-state index in [9.17, 15) is 12.8 Å². The summed E-state index contributed by atoms with van der Waals surface area (Å²) < 4.78 is 41.8. The molecule has 106 valence electrons. The Morgan fingerprint density at radius 2 is 1.70 bits per heavy atom. The zero-order valence-electron chi connectivity index (χ0n) is 10.9. The number of hydrogen-bond donors (Lipinski definition) is 0. The summed E-state index contributed by atoms with van der Waals surface area (Å²) in [5.41, 5.74) is 0.943. The maximum Gasteiger partial charge on any atom is 0.297 e. The lowest BCUT2D eigenvalue weighted by atomic mass is 10.2. The minimum atomic E-state index is -3.91. The van der Waals surface area contributed by atoms with Gasteiger partial charge in [-0.05, 0) is 26.0 Å². The smallest absolute Gasteiger partial charge is 0.255 e. The van der Waals surface area contributed by atoms with Gasteiger partial charge in [-0.1, -0.05) is 17.7 Å². The SMILES string of the molecule is Cc1ccc(S(=O)(=O)OC(C)c2ncc(F)cn2)cc1. The molecule has 0 radical (unpaired) electrons. The molecule has 0 aliphatic carbocycles. The molecule has 1 aromatic carbocycles. The molecule has 0 aliphatic rings. The molecule has 0 amide bonds. The summed E-state index contributed by atoms with van der Waals surface area (Å²) in [6, 6.07) is 6.27. The van der Waals surface area contributed by atoms with E-state index in [2.05, 4.69) is 9.97 Å². The second-order valence-electron chi connectivity index (χ2n) is 4.27. The number of nitrogens with zero attached hydrogens (tertiary/aromatic N) is 2. The molecule has 5 nitrogen and oxygen atoms in total. The Balaban J connectivity index is 2.19. The van der Waals surface area contributed by atoms with Crippen LogP contribution in [0.5, 0.6) is 0 Å². The minimum absolute atomic E-state index is 0.0528. The Morgan fingerprint density at radius 3 is 2.25 bits per heavy atom. The van der Waals surface area contributed by atoms with Gasteiger partial charge in [0.15, 0.2) is 11.6 Å². The van der Waals surface area contributed by atoms with E-state index in [1.165, 1.54) is 19.1 Å². The van der Waals surface area contributed by atoms with E-state index in [4.69, 9.17) is 4.18 Å².